The minimum Gasteiger partial charge on any atom is -0.276 e. The highest BCUT2D eigenvalue weighted by Crippen LogP contribution is 2.24. The van der Waals surface area contributed by atoms with Crippen molar-refractivity contribution in [2.45, 2.75) is 50.2 Å². The van der Waals surface area contributed by atoms with E-state index >= 15 is 0 Å². The second-order valence-electron chi connectivity index (χ2n) is 6.62. The highest BCUT2D eigenvalue weighted by Gasteiger charge is 2.33. The summed E-state index contributed by atoms with van der Waals surface area (Å²) in [5, 5.41) is 1.33. The summed E-state index contributed by atoms with van der Waals surface area (Å²) in [5.74, 6) is 0. The van der Waals surface area contributed by atoms with E-state index < -0.39 is 15.6 Å². The monoisotopic (exact) mass is 340 g/mol. The van der Waals surface area contributed by atoms with Crippen LogP contribution in [0.3, 0.4) is 0 Å². The van der Waals surface area contributed by atoms with Crippen LogP contribution in [0.4, 0.5) is 0 Å². The number of benzene rings is 1. The Morgan fingerprint density at radius 1 is 1.17 bits per heavy atom. The number of hydrogen-bond donors (Lipinski definition) is 0. The lowest BCUT2D eigenvalue weighted by molar-refractivity contribution is -0.235. The molecule has 1 heterocycles. The lowest BCUT2D eigenvalue weighted by atomic mass is 10.1. The highest BCUT2D eigenvalue weighted by atomic mass is 32.2. The van der Waals surface area contributed by atoms with Gasteiger partial charge in [0.2, 0.25) is 16.4 Å². The Morgan fingerprint density at radius 3 is 2.22 bits per heavy atom. The predicted octanol–water partition coefficient (Wildman–Crippen LogP) is 2.03. The van der Waals surface area contributed by atoms with Crippen LogP contribution in [0.2, 0.25) is 0 Å². The van der Waals surface area contributed by atoms with Crippen molar-refractivity contribution in [3.8, 4) is 0 Å². The van der Waals surface area contributed by atoms with Gasteiger partial charge in [0, 0.05) is 13.1 Å². The number of amides is 1. The molecule has 7 heteroatoms. The molecule has 0 spiro atoms. The molecule has 0 saturated carbocycles. The van der Waals surface area contributed by atoms with Gasteiger partial charge in [-0.25, -0.2) is 13.5 Å². The number of hydrogen-bond acceptors (Lipinski definition) is 4. The second-order valence-corrected chi connectivity index (χ2v) is 8.56. The molecule has 1 aliphatic heterocycles. The van der Waals surface area contributed by atoms with Gasteiger partial charge in [-0.15, -0.1) is 0 Å². The molecule has 1 aromatic carbocycles. The Balaban J connectivity index is 2.02. The Hall–Kier alpha value is -1.44. The molecule has 1 amide bonds. The minimum atomic E-state index is -3.47. The first-order valence-corrected chi connectivity index (χ1v) is 9.16. The fourth-order valence-electron chi connectivity index (χ4n) is 2.58. The Morgan fingerprint density at radius 2 is 1.74 bits per heavy atom. The molecule has 23 heavy (non-hydrogen) atoms. The van der Waals surface area contributed by atoms with E-state index in [1.165, 1.54) is 9.37 Å². The first-order chi connectivity index (χ1) is 10.7. The smallest absolute Gasteiger partial charge is 0.243 e. The van der Waals surface area contributed by atoms with E-state index in [0.717, 1.165) is 0 Å². The van der Waals surface area contributed by atoms with Crippen LogP contribution in [0.5, 0.6) is 0 Å². The van der Waals surface area contributed by atoms with Crippen LogP contribution in [0.15, 0.2) is 35.2 Å². The van der Waals surface area contributed by atoms with Crippen LogP contribution in [0, 0.1) is 0 Å². The van der Waals surface area contributed by atoms with E-state index in [1.54, 1.807) is 30.3 Å². The van der Waals surface area contributed by atoms with Gasteiger partial charge in [-0.1, -0.05) is 18.2 Å². The fourth-order valence-corrected chi connectivity index (χ4v) is 4.07. The molecule has 0 atom stereocenters. The maximum atomic E-state index is 12.6. The van der Waals surface area contributed by atoms with E-state index in [9.17, 15) is 13.2 Å². The summed E-state index contributed by atoms with van der Waals surface area (Å²) in [4.78, 5) is 17.2. The van der Waals surface area contributed by atoms with Crippen LogP contribution in [-0.2, 0) is 19.7 Å². The van der Waals surface area contributed by atoms with Crippen molar-refractivity contribution < 1.29 is 18.0 Å². The van der Waals surface area contributed by atoms with Gasteiger partial charge in [0.15, 0.2) is 0 Å². The Labute approximate surface area is 138 Å². The van der Waals surface area contributed by atoms with Crippen LogP contribution in [-0.4, -0.2) is 48.9 Å². The summed E-state index contributed by atoms with van der Waals surface area (Å²) >= 11 is 0. The number of sulfonamides is 1. The third kappa shape index (κ3) is 4.53. The van der Waals surface area contributed by atoms with Crippen molar-refractivity contribution >= 4 is 16.4 Å². The fraction of sp³-hybridized carbons (Fsp3) is 0.562. The SMILES string of the molecule is CC(C)(C)ON(C=O)C1CCN(S(=O)(=O)c2ccccc2)CC1. The number of nitrogens with zero attached hydrogens (tertiary/aromatic N) is 2. The number of rotatable bonds is 5. The number of hydroxylamine groups is 2. The number of carbonyl (C=O) groups excluding carboxylic acids is 1. The molecule has 1 aromatic rings. The molecule has 2 rings (SSSR count). The Bertz CT molecular complexity index is 617. The largest absolute Gasteiger partial charge is 0.276 e. The quantitative estimate of drug-likeness (QED) is 0.608. The average Bonchev–Trinajstić information content (AvgIpc) is 2.53. The van der Waals surface area contributed by atoms with E-state index in [-0.39, 0.29) is 6.04 Å². The summed E-state index contributed by atoms with van der Waals surface area (Å²) in [5.41, 5.74) is -0.464. The van der Waals surface area contributed by atoms with Crippen LogP contribution >= 0.6 is 0 Å². The highest BCUT2D eigenvalue weighted by molar-refractivity contribution is 7.89. The Kier molecular flexibility index (Phi) is 5.44. The molecule has 128 valence electrons. The summed E-state index contributed by atoms with van der Waals surface area (Å²) in [6.07, 6.45) is 1.79. The lowest BCUT2D eigenvalue weighted by Crippen LogP contribution is -2.48. The topological polar surface area (TPSA) is 66.9 Å². The normalized spacial score (nSPS) is 17.9. The maximum Gasteiger partial charge on any atom is 0.243 e. The van der Waals surface area contributed by atoms with Gasteiger partial charge in [0.1, 0.15) is 0 Å². The van der Waals surface area contributed by atoms with Gasteiger partial charge >= 0.3 is 0 Å². The number of carbonyl (C=O) groups is 1. The zero-order valence-corrected chi connectivity index (χ0v) is 14.6. The molecule has 0 unspecified atom stereocenters. The number of piperidine rings is 1. The molecular formula is C16H24N2O4S. The van der Waals surface area contributed by atoms with Crippen molar-refractivity contribution in [1.82, 2.24) is 9.37 Å². The van der Waals surface area contributed by atoms with Crippen molar-refractivity contribution in [3.05, 3.63) is 30.3 Å². The summed E-state index contributed by atoms with van der Waals surface area (Å²) in [6, 6.07) is 8.31. The van der Waals surface area contributed by atoms with Crippen molar-refractivity contribution in [3.63, 3.8) is 0 Å². The molecule has 0 aliphatic carbocycles. The first-order valence-electron chi connectivity index (χ1n) is 7.72. The first kappa shape index (κ1) is 17.9. The molecule has 1 fully saturated rings. The van der Waals surface area contributed by atoms with E-state index in [4.69, 9.17) is 4.84 Å². The van der Waals surface area contributed by atoms with Crippen LogP contribution in [0.1, 0.15) is 33.6 Å². The van der Waals surface area contributed by atoms with Gasteiger partial charge in [-0.2, -0.15) is 4.31 Å². The maximum absolute atomic E-state index is 12.6. The average molecular weight is 340 g/mol. The molecule has 0 bridgehead atoms. The van der Waals surface area contributed by atoms with Gasteiger partial charge < -0.3 is 0 Å². The summed E-state index contributed by atoms with van der Waals surface area (Å²) < 4.78 is 26.6. The van der Waals surface area contributed by atoms with E-state index in [1.807, 2.05) is 20.8 Å². The molecule has 6 nitrogen and oxygen atoms in total. The standard InChI is InChI=1S/C16H24N2O4S/c1-16(2,3)22-18(13-19)14-9-11-17(12-10-14)23(20,21)15-7-5-4-6-8-15/h4-8,13-14H,9-12H2,1-3H3. The third-order valence-electron chi connectivity index (χ3n) is 3.65. The molecular weight excluding hydrogens is 316 g/mol. The summed E-state index contributed by atoms with van der Waals surface area (Å²) in [7, 11) is -3.47. The zero-order valence-electron chi connectivity index (χ0n) is 13.8. The van der Waals surface area contributed by atoms with Gasteiger partial charge in [0.05, 0.1) is 16.5 Å². The van der Waals surface area contributed by atoms with E-state index in [0.29, 0.717) is 37.2 Å². The van der Waals surface area contributed by atoms with Gasteiger partial charge in [-0.05, 0) is 45.7 Å². The summed E-state index contributed by atoms with van der Waals surface area (Å²) in [6.45, 7) is 6.37. The lowest BCUT2D eigenvalue weighted by Gasteiger charge is -2.37. The van der Waals surface area contributed by atoms with Crippen molar-refractivity contribution in [2.75, 3.05) is 13.1 Å². The molecule has 0 aromatic heterocycles. The van der Waals surface area contributed by atoms with Crippen molar-refractivity contribution in [2.24, 2.45) is 0 Å². The molecule has 1 aliphatic rings. The third-order valence-corrected chi connectivity index (χ3v) is 5.56. The molecule has 0 N–H and O–H groups in total. The van der Waals surface area contributed by atoms with Crippen LogP contribution in [0.25, 0.3) is 0 Å². The zero-order chi connectivity index (χ0) is 17.1. The minimum absolute atomic E-state index is 0.103. The second kappa shape index (κ2) is 6.98. The van der Waals surface area contributed by atoms with Gasteiger partial charge in [-0.3, -0.25) is 9.63 Å². The van der Waals surface area contributed by atoms with Crippen molar-refractivity contribution in [1.29, 1.82) is 0 Å². The predicted molar refractivity (Wildman–Crippen MR) is 87.0 cm³/mol. The molecule has 1 saturated heterocycles. The van der Waals surface area contributed by atoms with Gasteiger partial charge in [0.25, 0.3) is 0 Å². The van der Waals surface area contributed by atoms with Crippen LogP contribution < -0.4 is 0 Å². The van der Waals surface area contributed by atoms with E-state index in [2.05, 4.69) is 0 Å². The molecule has 0 radical (unpaired) electrons.